The van der Waals surface area contributed by atoms with E-state index in [1.807, 2.05) is 6.26 Å². The van der Waals surface area contributed by atoms with Gasteiger partial charge in [0.1, 0.15) is 0 Å². The molecule has 0 heterocycles. The number of thioether (sulfide) groups is 1. The minimum absolute atomic E-state index is 0.491. The van der Waals surface area contributed by atoms with Gasteiger partial charge in [0.25, 0.3) is 0 Å². The van der Waals surface area contributed by atoms with Crippen LogP contribution >= 0.6 is 11.8 Å². The van der Waals surface area contributed by atoms with E-state index in [9.17, 15) is 14.5 Å². The van der Waals surface area contributed by atoms with Gasteiger partial charge >= 0.3 is 5.69 Å². The summed E-state index contributed by atoms with van der Waals surface area (Å²) < 4.78 is 13.2. The molecule has 0 aliphatic carbocycles. The normalized spacial score (nSPS) is 10.1. The van der Waals surface area contributed by atoms with Crippen LogP contribution in [0, 0.1) is 15.9 Å². The fraction of sp³-hybridized carbons (Fsp3) is 0.400. The van der Waals surface area contributed by atoms with Gasteiger partial charge in [-0.1, -0.05) is 0 Å². The molecule has 0 atom stereocenters. The van der Waals surface area contributed by atoms with Gasteiger partial charge in [0, 0.05) is 24.4 Å². The monoisotopic (exact) mass is 244 g/mol. The molecule has 0 unspecified atom stereocenters. The van der Waals surface area contributed by atoms with Crippen molar-refractivity contribution in [3.05, 3.63) is 34.1 Å². The number of rotatable bonds is 6. The Bertz CT molecular complexity index is 374. The van der Waals surface area contributed by atoms with Crippen molar-refractivity contribution in [3.8, 4) is 0 Å². The highest BCUT2D eigenvalue weighted by molar-refractivity contribution is 7.98. The van der Waals surface area contributed by atoms with E-state index in [1.165, 1.54) is 12.1 Å². The maximum atomic E-state index is 13.2. The summed E-state index contributed by atoms with van der Waals surface area (Å²) in [5, 5.41) is 13.4. The third-order valence-corrected chi connectivity index (χ3v) is 2.70. The fourth-order valence-electron chi connectivity index (χ4n) is 1.21. The lowest BCUT2D eigenvalue weighted by Crippen LogP contribution is -2.03. The van der Waals surface area contributed by atoms with Crippen LogP contribution in [0.25, 0.3) is 0 Å². The largest absolute Gasteiger partial charge is 0.385 e. The lowest BCUT2D eigenvalue weighted by molar-refractivity contribution is -0.387. The Labute approximate surface area is 97.4 Å². The highest BCUT2D eigenvalue weighted by Crippen LogP contribution is 2.20. The van der Waals surface area contributed by atoms with Crippen LogP contribution in [0.4, 0.5) is 15.8 Å². The van der Waals surface area contributed by atoms with Gasteiger partial charge in [0.2, 0.25) is 5.82 Å². The summed E-state index contributed by atoms with van der Waals surface area (Å²) >= 11 is 1.74. The summed E-state index contributed by atoms with van der Waals surface area (Å²) in [6.07, 6.45) is 2.99. The Morgan fingerprint density at radius 1 is 1.56 bits per heavy atom. The molecule has 0 amide bonds. The van der Waals surface area contributed by atoms with Crippen molar-refractivity contribution in [1.82, 2.24) is 0 Å². The summed E-state index contributed by atoms with van der Waals surface area (Å²) in [6.45, 7) is 0.734. The van der Waals surface area contributed by atoms with Gasteiger partial charge in [0.15, 0.2) is 0 Å². The van der Waals surface area contributed by atoms with Crippen LogP contribution in [0.5, 0.6) is 0 Å². The molecule has 0 saturated heterocycles. The third-order valence-electron chi connectivity index (χ3n) is 2.00. The number of nitro benzene ring substituents is 1. The van der Waals surface area contributed by atoms with Gasteiger partial charge in [-0.2, -0.15) is 16.2 Å². The van der Waals surface area contributed by atoms with Gasteiger partial charge in [-0.15, -0.1) is 0 Å². The maximum absolute atomic E-state index is 13.2. The first-order chi connectivity index (χ1) is 7.65. The zero-order valence-corrected chi connectivity index (χ0v) is 9.72. The number of nitrogens with one attached hydrogen (secondary N) is 1. The Hall–Kier alpha value is -1.30. The third kappa shape index (κ3) is 3.69. The number of benzene rings is 1. The van der Waals surface area contributed by atoms with E-state index in [1.54, 1.807) is 11.8 Å². The lowest BCUT2D eigenvalue weighted by atomic mass is 10.2. The van der Waals surface area contributed by atoms with Crippen molar-refractivity contribution >= 4 is 23.1 Å². The molecule has 4 nitrogen and oxygen atoms in total. The van der Waals surface area contributed by atoms with Crippen molar-refractivity contribution in [2.45, 2.75) is 6.42 Å². The average molecular weight is 244 g/mol. The summed E-state index contributed by atoms with van der Waals surface area (Å²) in [6, 6.07) is 3.84. The van der Waals surface area contributed by atoms with E-state index in [0.29, 0.717) is 5.69 Å². The van der Waals surface area contributed by atoms with Gasteiger partial charge < -0.3 is 5.32 Å². The van der Waals surface area contributed by atoms with E-state index in [2.05, 4.69) is 5.32 Å². The summed E-state index contributed by atoms with van der Waals surface area (Å²) in [5.74, 6) is 0.225. The van der Waals surface area contributed by atoms with Crippen LogP contribution < -0.4 is 5.32 Å². The van der Waals surface area contributed by atoms with E-state index in [0.717, 1.165) is 24.8 Å². The Balaban J connectivity index is 2.56. The van der Waals surface area contributed by atoms with Gasteiger partial charge in [-0.25, -0.2) is 0 Å². The fourth-order valence-corrected chi connectivity index (χ4v) is 1.65. The highest BCUT2D eigenvalue weighted by atomic mass is 32.2. The molecule has 6 heteroatoms. The van der Waals surface area contributed by atoms with Crippen LogP contribution in [0.1, 0.15) is 6.42 Å². The molecule has 0 saturated carbocycles. The molecule has 0 aliphatic rings. The molecule has 0 bridgehead atoms. The lowest BCUT2D eigenvalue weighted by Gasteiger charge is -2.05. The number of nitro groups is 1. The zero-order chi connectivity index (χ0) is 12.0. The van der Waals surface area contributed by atoms with Crippen LogP contribution in [0.3, 0.4) is 0 Å². The Morgan fingerprint density at radius 3 is 2.88 bits per heavy atom. The Kier molecular flexibility index (Phi) is 5.04. The Morgan fingerprint density at radius 2 is 2.31 bits per heavy atom. The molecule has 1 N–H and O–H groups in total. The van der Waals surface area contributed by atoms with Gasteiger partial charge in [0.05, 0.1) is 4.92 Å². The first-order valence-electron chi connectivity index (χ1n) is 4.82. The first kappa shape index (κ1) is 12.8. The van der Waals surface area contributed by atoms with Crippen molar-refractivity contribution in [3.63, 3.8) is 0 Å². The molecule has 1 aromatic rings. The van der Waals surface area contributed by atoms with Crippen molar-refractivity contribution < 1.29 is 9.31 Å². The van der Waals surface area contributed by atoms with E-state index < -0.39 is 16.4 Å². The molecular weight excluding hydrogens is 231 g/mol. The molecule has 0 spiro atoms. The highest BCUT2D eigenvalue weighted by Gasteiger charge is 2.13. The van der Waals surface area contributed by atoms with Crippen molar-refractivity contribution in [2.24, 2.45) is 0 Å². The van der Waals surface area contributed by atoms with Crippen molar-refractivity contribution in [2.75, 3.05) is 23.9 Å². The maximum Gasteiger partial charge on any atom is 0.304 e. The zero-order valence-electron chi connectivity index (χ0n) is 8.90. The molecule has 88 valence electrons. The molecule has 0 aromatic heterocycles. The summed E-state index contributed by atoms with van der Waals surface area (Å²) in [4.78, 5) is 9.65. The number of anilines is 1. The van der Waals surface area contributed by atoms with Crippen LogP contribution in [-0.2, 0) is 0 Å². The minimum atomic E-state index is -0.806. The molecule has 16 heavy (non-hydrogen) atoms. The second-order valence-corrected chi connectivity index (χ2v) is 4.18. The van der Waals surface area contributed by atoms with Crippen LogP contribution in [0.15, 0.2) is 18.2 Å². The number of hydrogen-bond acceptors (Lipinski definition) is 4. The molecule has 0 radical (unpaired) electrons. The van der Waals surface area contributed by atoms with Crippen molar-refractivity contribution in [1.29, 1.82) is 0 Å². The predicted octanol–water partition coefficient (Wildman–Crippen LogP) is 2.90. The van der Waals surface area contributed by atoms with Gasteiger partial charge in [-0.05, 0) is 24.5 Å². The van der Waals surface area contributed by atoms with E-state index >= 15 is 0 Å². The van der Waals surface area contributed by atoms with Crippen LogP contribution in [0.2, 0.25) is 0 Å². The predicted molar refractivity (Wildman–Crippen MR) is 64.5 cm³/mol. The minimum Gasteiger partial charge on any atom is -0.385 e. The second-order valence-electron chi connectivity index (χ2n) is 3.20. The quantitative estimate of drug-likeness (QED) is 0.475. The smallest absolute Gasteiger partial charge is 0.304 e. The number of nitrogens with zero attached hydrogens (tertiary/aromatic N) is 1. The summed E-state index contributed by atoms with van der Waals surface area (Å²) in [5.41, 5.74) is 0.0823. The summed E-state index contributed by atoms with van der Waals surface area (Å²) in [7, 11) is 0. The number of hydrogen-bond donors (Lipinski definition) is 1. The molecule has 1 rings (SSSR count). The van der Waals surface area contributed by atoms with Crippen LogP contribution in [-0.4, -0.2) is 23.5 Å². The average Bonchev–Trinajstić information content (AvgIpc) is 2.24. The first-order valence-corrected chi connectivity index (χ1v) is 6.21. The molecular formula is C10H13FN2O2S. The molecule has 1 aromatic carbocycles. The van der Waals surface area contributed by atoms with E-state index in [-0.39, 0.29) is 0 Å². The standard InChI is InChI=1S/C10H13FN2O2S/c1-16-6-2-5-12-8-3-4-10(13(14)15)9(11)7-8/h3-4,7,12H,2,5-6H2,1H3. The van der Waals surface area contributed by atoms with E-state index in [4.69, 9.17) is 0 Å². The topological polar surface area (TPSA) is 55.2 Å². The molecule has 0 aliphatic heterocycles. The van der Waals surface area contributed by atoms with Gasteiger partial charge in [-0.3, -0.25) is 10.1 Å². The number of halogens is 1. The SMILES string of the molecule is CSCCCNc1ccc([N+](=O)[O-])c(F)c1. The molecule has 0 fully saturated rings. The second kappa shape index (κ2) is 6.32.